The molecule has 1 aromatic heterocycles. The van der Waals surface area contributed by atoms with E-state index in [0.29, 0.717) is 17.5 Å². The van der Waals surface area contributed by atoms with Crippen molar-refractivity contribution in [2.45, 2.75) is 6.42 Å². The number of carbonyl (C=O) groups is 2. The van der Waals surface area contributed by atoms with Gasteiger partial charge < -0.3 is 10.4 Å². The van der Waals surface area contributed by atoms with Crippen molar-refractivity contribution in [3.05, 3.63) is 51.5 Å². The number of aromatic nitrogens is 1. The lowest BCUT2D eigenvalue weighted by atomic mass is 10.2. The number of amides is 1. The minimum Gasteiger partial charge on any atom is -0.476 e. The van der Waals surface area contributed by atoms with Crippen LogP contribution in [0.15, 0.2) is 23.6 Å². The van der Waals surface area contributed by atoms with Gasteiger partial charge in [-0.05, 0) is 12.1 Å². The Morgan fingerprint density at radius 3 is 2.71 bits per heavy atom. The highest BCUT2D eigenvalue weighted by Crippen LogP contribution is 2.11. The van der Waals surface area contributed by atoms with Gasteiger partial charge in [0.15, 0.2) is 5.69 Å². The van der Waals surface area contributed by atoms with Crippen LogP contribution in [0.5, 0.6) is 0 Å². The molecule has 0 radical (unpaired) electrons. The molecular formula is C13H10F2N2O3S. The highest BCUT2D eigenvalue weighted by Gasteiger charge is 2.13. The number of hydrogen-bond donors (Lipinski definition) is 2. The second kappa shape index (κ2) is 6.40. The van der Waals surface area contributed by atoms with Crippen molar-refractivity contribution in [1.29, 1.82) is 0 Å². The molecule has 0 aliphatic heterocycles. The lowest BCUT2D eigenvalue weighted by molar-refractivity contribution is 0.0690. The Morgan fingerprint density at radius 2 is 2.10 bits per heavy atom. The van der Waals surface area contributed by atoms with E-state index in [2.05, 4.69) is 10.3 Å². The van der Waals surface area contributed by atoms with Gasteiger partial charge >= 0.3 is 5.97 Å². The van der Waals surface area contributed by atoms with E-state index in [-0.39, 0.29) is 17.8 Å². The Balaban J connectivity index is 1.90. The quantitative estimate of drug-likeness (QED) is 0.886. The van der Waals surface area contributed by atoms with Gasteiger partial charge in [-0.25, -0.2) is 18.6 Å². The van der Waals surface area contributed by atoms with Gasteiger partial charge in [-0.2, -0.15) is 0 Å². The van der Waals surface area contributed by atoms with Gasteiger partial charge in [-0.3, -0.25) is 4.79 Å². The van der Waals surface area contributed by atoms with Crippen molar-refractivity contribution in [3.63, 3.8) is 0 Å². The molecule has 0 unspecified atom stereocenters. The SMILES string of the molecule is O=C(O)c1csc(CCNC(=O)c2ccc(F)cc2F)n1. The zero-order chi connectivity index (χ0) is 15.4. The van der Waals surface area contributed by atoms with Crippen LogP contribution in [-0.2, 0) is 6.42 Å². The summed E-state index contributed by atoms with van der Waals surface area (Å²) in [7, 11) is 0. The molecule has 5 nitrogen and oxygen atoms in total. The number of thiazole rings is 1. The number of halogens is 2. The summed E-state index contributed by atoms with van der Waals surface area (Å²) in [5, 5.41) is 13.1. The summed E-state index contributed by atoms with van der Waals surface area (Å²) >= 11 is 1.16. The summed E-state index contributed by atoms with van der Waals surface area (Å²) < 4.78 is 26.1. The zero-order valence-electron chi connectivity index (χ0n) is 10.6. The fourth-order valence-electron chi connectivity index (χ4n) is 1.58. The molecule has 2 N–H and O–H groups in total. The van der Waals surface area contributed by atoms with Gasteiger partial charge in [0.05, 0.1) is 10.6 Å². The number of benzene rings is 1. The molecular weight excluding hydrogens is 302 g/mol. The van der Waals surface area contributed by atoms with Crippen molar-refractivity contribution < 1.29 is 23.5 Å². The predicted molar refractivity (Wildman–Crippen MR) is 71.5 cm³/mol. The van der Waals surface area contributed by atoms with Crippen LogP contribution in [-0.4, -0.2) is 28.5 Å². The molecule has 1 amide bonds. The summed E-state index contributed by atoms with van der Waals surface area (Å²) in [5.41, 5.74) is -0.298. The molecule has 0 fully saturated rings. The lowest BCUT2D eigenvalue weighted by Crippen LogP contribution is -2.26. The number of nitrogens with one attached hydrogen (secondary N) is 1. The van der Waals surface area contributed by atoms with Crippen LogP contribution in [0.4, 0.5) is 8.78 Å². The normalized spacial score (nSPS) is 10.4. The minimum atomic E-state index is -1.12. The van der Waals surface area contributed by atoms with Gasteiger partial charge in [-0.15, -0.1) is 11.3 Å². The smallest absolute Gasteiger partial charge is 0.355 e. The van der Waals surface area contributed by atoms with Crippen LogP contribution >= 0.6 is 11.3 Å². The monoisotopic (exact) mass is 312 g/mol. The summed E-state index contributed by atoms with van der Waals surface area (Å²) in [6.45, 7) is 0.169. The predicted octanol–water partition coefficient (Wildman–Crippen LogP) is 2.09. The van der Waals surface area contributed by atoms with Crippen molar-refractivity contribution >= 4 is 23.2 Å². The third-order valence-corrected chi connectivity index (χ3v) is 3.48. The first kappa shape index (κ1) is 15.0. The van der Waals surface area contributed by atoms with Crippen LogP contribution in [0, 0.1) is 11.6 Å². The van der Waals surface area contributed by atoms with E-state index >= 15 is 0 Å². The standard InChI is InChI=1S/C13H10F2N2O3S/c14-7-1-2-8(9(15)5-7)12(18)16-4-3-11-17-10(6-21-11)13(19)20/h1-2,5-6H,3-4H2,(H,16,18)(H,19,20). The topological polar surface area (TPSA) is 79.3 Å². The molecule has 2 rings (SSSR count). The molecule has 1 aromatic carbocycles. The number of hydrogen-bond acceptors (Lipinski definition) is 4. The van der Waals surface area contributed by atoms with Gasteiger partial charge in [0.1, 0.15) is 11.6 Å². The largest absolute Gasteiger partial charge is 0.476 e. The first-order chi connectivity index (χ1) is 9.97. The third kappa shape index (κ3) is 3.82. The van der Waals surface area contributed by atoms with E-state index in [0.717, 1.165) is 23.5 Å². The molecule has 21 heavy (non-hydrogen) atoms. The van der Waals surface area contributed by atoms with Crippen LogP contribution in [0.25, 0.3) is 0 Å². The van der Waals surface area contributed by atoms with Crippen molar-refractivity contribution in [1.82, 2.24) is 10.3 Å². The number of rotatable bonds is 5. The number of carboxylic acids is 1. The number of nitrogens with zero attached hydrogens (tertiary/aromatic N) is 1. The van der Waals surface area contributed by atoms with E-state index in [9.17, 15) is 18.4 Å². The van der Waals surface area contributed by atoms with Crippen LogP contribution < -0.4 is 5.32 Å². The van der Waals surface area contributed by atoms with Crippen molar-refractivity contribution in [2.75, 3.05) is 6.54 Å². The van der Waals surface area contributed by atoms with Crippen molar-refractivity contribution in [3.8, 4) is 0 Å². The summed E-state index contributed by atoms with van der Waals surface area (Å²) in [5.74, 6) is -3.47. The Labute approximate surface area is 122 Å². The highest BCUT2D eigenvalue weighted by molar-refractivity contribution is 7.09. The second-order valence-corrected chi connectivity index (χ2v) is 5.00. The lowest BCUT2D eigenvalue weighted by Gasteiger charge is -2.05. The second-order valence-electron chi connectivity index (χ2n) is 4.06. The first-order valence-electron chi connectivity index (χ1n) is 5.88. The van der Waals surface area contributed by atoms with E-state index in [4.69, 9.17) is 5.11 Å². The first-order valence-corrected chi connectivity index (χ1v) is 6.76. The van der Waals surface area contributed by atoms with Crippen LogP contribution in [0.3, 0.4) is 0 Å². The van der Waals surface area contributed by atoms with E-state index in [1.165, 1.54) is 5.38 Å². The van der Waals surface area contributed by atoms with E-state index in [1.807, 2.05) is 0 Å². The molecule has 0 atom stereocenters. The molecule has 110 valence electrons. The molecule has 0 spiro atoms. The van der Waals surface area contributed by atoms with Gasteiger partial charge in [0.2, 0.25) is 0 Å². The summed E-state index contributed by atoms with van der Waals surface area (Å²) in [4.78, 5) is 26.2. The number of carbonyl (C=O) groups excluding carboxylic acids is 1. The summed E-state index contributed by atoms with van der Waals surface area (Å²) in [6, 6.07) is 2.69. The molecule has 8 heteroatoms. The molecule has 0 saturated heterocycles. The van der Waals surface area contributed by atoms with Gasteiger partial charge in [0.25, 0.3) is 5.91 Å². The minimum absolute atomic E-state index is 0.0501. The van der Waals surface area contributed by atoms with Crippen LogP contribution in [0.1, 0.15) is 25.9 Å². The fourth-order valence-corrected chi connectivity index (χ4v) is 2.35. The third-order valence-electron chi connectivity index (χ3n) is 2.57. The number of carboxylic acid groups (broad SMARTS) is 1. The summed E-state index contributed by atoms with van der Waals surface area (Å²) in [6.07, 6.45) is 0.326. The molecule has 0 aliphatic carbocycles. The maximum absolute atomic E-state index is 13.4. The zero-order valence-corrected chi connectivity index (χ0v) is 11.4. The Morgan fingerprint density at radius 1 is 1.33 bits per heavy atom. The van der Waals surface area contributed by atoms with Gasteiger partial charge in [0, 0.05) is 24.4 Å². The maximum Gasteiger partial charge on any atom is 0.355 e. The maximum atomic E-state index is 13.4. The average molecular weight is 312 g/mol. The highest BCUT2D eigenvalue weighted by atomic mass is 32.1. The van der Waals surface area contributed by atoms with Crippen LogP contribution in [0.2, 0.25) is 0 Å². The molecule has 0 bridgehead atoms. The molecule has 0 saturated carbocycles. The Hall–Kier alpha value is -2.35. The van der Waals surface area contributed by atoms with Gasteiger partial charge in [-0.1, -0.05) is 0 Å². The fraction of sp³-hybridized carbons (Fsp3) is 0.154. The Kier molecular flexibility index (Phi) is 4.59. The molecule has 2 aromatic rings. The van der Waals surface area contributed by atoms with E-state index < -0.39 is 23.5 Å². The number of aromatic carboxylic acids is 1. The van der Waals surface area contributed by atoms with Crippen molar-refractivity contribution in [2.24, 2.45) is 0 Å². The van der Waals surface area contributed by atoms with E-state index in [1.54, 1.807) is 0 Å². The molecule has 0 aliphatic rings. The Bertz CT molecular complexity index is 688. The average Bonchev–Trinajstić information content (AvgIpc) is 2.87. The molecule has 1 heterocycles.